The van der Waals surface area contributed by atoms with Crippen LogP contribution in [0.25, 0.3) is 27.7 Å². The van der Waals surface area contributed by atoms with E-state index in [0.29, 0.717) is 39.6 Å². The van der Waals surface area contributed by atoms with E-state index in [2.05, 4.69) is 48.5 Å². The normalized spacial score (nSPS) is 13.9. The minimum absolute atomic E-state index is 0.0294. The Labute approximate surface area is 181 Å². The zero-order valence-electron chi connectivity index (χ0n) is 17.4. The van der Waals surface area contributed by atoms with Crippen molar-refractivity contribution in [3.63, 3.8) is 0 Å². The van der Waals surface area contributed by atoms with Crippen molar-refractivity contribution >= 4 is 16.5 Å². The fourth-order valence-corrected chi connectivity index (χ4v) is 4.49. The van der Waals surface area contributed by atoms with Gasteiger partial charge in [-0.1, -0.05) is 48.5 Å². The van der Waals surface area contributed by atoms with Gasteiger partial charge in [0.2, 0.25) is 0 Å². The molecule has 0 atom stereocenters. The highest BCUT2D eigenvalue weighted by Gasteiger charge is 2.30. The Morgan fingerprint density at radius 2 is 1.55 bits per heavy atom. The number of ether oxygens (including phenoxy) is 4. The van der Waals surface area contributed by atoms with Crippen LogP contribution in [0.4, 0.5) is 0 Å². The van der Waals surface area contributed by atoms with Gasteiger partial charge in [-0.05, 0) is 40.1 Å². The van der Waals surface area contributed by atoms with Crippen LogP contribution in [-0.4, -0.2) is 51.4 Å². The Balaban J connectivity index is 1.41. The molecule has 3 aromatic rings. The van der Waals surface area contributed by atoms with Gasteiger partial charge in [0, 0.05) is 5.39 Å². The quantitative estimate of drug-likeness (QED) is 0.413. The molecule has 5 heteroatoms. The summed E-state index contributed by atoms with van der Waals surface area (Å²) in [5.41, 5.74) is 6.28. The first kappa shape index (κ1) is 20.1. The maximum absolute atomic E-state index is 8.72. The van der Waals surface area contributed by atoms with Gasteiger partial charge in [0.05, 0.1) is 38.6 Å². The lowest BCUT2D eigenvalue weighted by Gasteiger charge is -2.24. The van der Waals surface area contributed by atoms with Crippen LogP contribution in [0.2, 0.25) is 0 Å². The van der Waals surface area contributed by atoms with Crippen LogP contribution in [0, 0.1) is 0 Å². The second kappa shape index (κ2) is 9.10. The molecule has 0 saturated heterocycles. The largest absolute Gasteiger partial charge is 0.491 e. The van der Waals surface area contributed by atoms with Gasteiger partial charge in [0.15, 0.2) is 0 Å². The molecule has 0 spiro atoms. The molecule has 31 heavy (non-hydrogen) atoms. The van der Waals surface area contributed by atoms with E-state index in [0.717, 1.165) is 28.9 Å². The van der Waals surface area contributed by atoms with E-state index in [4.69, 9.17) is 24.1 Å². The van der Waals surface area contributed by atoms with Crippen LogP contribution >= 0.6 is 0 Å². The first-order valence-electron chi connectivity index (χ1n) is 10.8. The van der Waals surface area contributed by atoms with Gasteiger partial charge in [0.25, 0.3) is 0 Å². The number of fused-ring (bicyclic) bond motifs is 8. The summed E-state index contributed by atoms with van der Waals surface area (Å²) in [7, 11) is 0. The smallest absolute Gasteiger partial charge is 0.138 e. The molecule has 1 N–H and O–H groups in total. The highest BCUT2D eigenvalue weighted by atomic mass is 16.5. The fourth-order valence-electron chi connectivity index (χ4n) is 4.49. The SMILES string of the molecule is OCCOCCOCCOC1=CCOc2c1c1c(c3ccccc23)-c2ccccc2C1. The summed E-state index contributed by atoms with van der Waals surface area (Å²) in [5.74, 6) is 1.79. The predicted octanol–water partition coefficient (Wildman–Crippen LogP) is 4.19. The molecule has 5 nitrogen and oxygen atoms in total. The average molecular weight is 418 g/mol. The third kappa shape index (κ3) is 3.81. The second-order valence-corrected chi connectivity index (χ2v) is 7.61. The number of rotatable bonds is 9. The van der Waals surface area contributed by atoms with Gasteiger partial charge in [-0.15, -0.1) is 0 Å². The molecule has 0 fully saturated rings. The number of benzene rings is 3. The highest BCUT2D eigenvalue weighted by Crippen LogP contribution is 2.50. The molecule has 0 amide bonds. The summed E-state index contributed by atoms with van der Waals surface area (Å²) in [6.07, 6.45) is 2.90. The third-order valence-corrected chi connectivity index (χ3v) is 5.76. The average Bonchev–Trinajstić information content (AvgIpc) is 3.20. The van der Waals surface area contributed by atoms with Gasteiger partial charge in [0.1, 0.15) is 24.7 Å². The second-order valence-electron chi connectivity index (χ2n) is 7.61. The fraction of sp³-hybridized carbons (Fsp3) is 0.308. The van der Waals surface area contributed by atoms with E-state index in [9.17, 15) is 0 Å². The van der Waals surface area contributed by atoms with E-state index in [-0.39, 0.29) is 6.61 Å². The summed E-state index contributed by atoms with van der Waals surface area (Å²) in [6.45, 7) is 2.75. The van der Waals surface area contributed by atoms with E-state index >= 15 is 0 Å². The molecule has 1 aliphatic carbocycles. The highest BCUT2D eigenvalue weighted by molar-refractivity contribution is 6.07. The van der Waals surface area contributed by atoms with Crippen LogP contribution < -0.4 is 4.74 Å². The van der Waals surface area contributed by atoms with Gasteiger partial charge >= 0.3 is 0 Å². The lowest BCUT2D eigenvalue weighted by atomic mass is 9.91. The first-order valence-corrected chi connectivity index (χ1v) is 10.8. The minimum atomic E-state index is 0.0294. The molecule has 5 rings (SSSR count). The summed E-state index contributed by atoms with van der Waals surface area (Å²) in [6, 6.07) is 17.1. The van der Waals surface area contributed by atoms with Crippen molar-refractivity contribution in [3.05, 3.63) is 71.3 Å². The zero-order chi connectivity index (χ0) is 21.0. The summed E-state index contributed by atoms with van der Waals surface area (Å²) < 4.78 is 23.1. The van der Waals surface area contributed by atoms with Crippen molar-refractivity contribution in [2.45, 2.75) is 6.42 Å². The van der Waals surface area contributed by atoms with Gasteiger partial charge in [-0.3, -0.25) is 0 Å². The van der Waals surface area contributed by atoms with E-state index in [1.54, 1.807) is 0 Å². The molecule has 3 aromatic carbocycles. The Morgan fingerprint density at radius 3 is 2.42 bits per heavy atom. The van der Waals surface area contributed by atoms with Crippen LogP contribution in [-0.2, 0) is 20.6 Å². The topological polar surface area (TPSA) is 57.2 Å². The van der Waals surface area contributed by atoms with E-state index in [1.165, 1.54) is 27.6 Å². The molecule has 2 aliphatic rings. The molecule has 1 aliphatic heterocycles. The number of aliphatic hydroxyl groups is 1. The Morgan fingerprint density at radius 1 is 0.806 bits per heavy atom. The molecular weight excluding hydrogens is 392 g/mol. The van der Waals surface area contributed by atoms with Crippen molar-refractivity contribution in [2.75, 3.05) is 46.2 Å². The monoisotopic (exact) mass is 418 g/mol. The number of aliphatic hydroxyl groups excluding tert-OH is 1. The van der Waals surface area contributed by atoms with Crippen molar-refractivity contribution < 1.29 is 24.1 Å². The molecule has 0 unspecified atom stereocenters. The van der Waals surface area contributed by atoms with Crippen LogP contribution in [0.15, 0.2) is 54.6 Å². The van der Waals surface area contributed by atoms with Gasteiger partial charge in [-0.25, -0.2) is 0 Å². The van der Waals surface area contributed by atoms with Crippen molar-refractivity contribution in [3.8, 4) is 16.9 Å². The first-order chi connectivity index (χ1) is 15.4. The van der Waals surface area contributed by atoms with Crippen LogP contribution in [0.3, 0.4) is 0 Å². The maximum Gasteiger partial charge on any atom is 0.138 e. The van der Waals surface area contributed by atoms with Crippen molar-refractivity contribution in [1.29, 1.82) is 0 Å². The summed E-state index contributed by atoms with van der Waals surface area (Å²) in [5, 5.41) is 11.1. The van der Waals surface area contributed by atoms with Gasteiger partial charge < -0.3 is 24.1 Å². The molecule has 0 radical (unpaired) electrons. The number of hydrogen-bond acceptors (Lipinski definition) is 5. The van der Waals surface area contributed by atoms with Crippen LogP contribution in [0.1, 0.15) is 16.7 Å². The Bertz CT molecular complexity index is 1120. The molecule has 1 heterocycles. The zero-order valence-corrected chi connectivity index (χ0v) is 17.4. The molecule has 0 saturated carbocycles. The van der Waals surface area contributed by atoms with Crippen LogP contribution in [0.5, 0.6) is 5.75 Å². The molecule has 160 valence electrons. The van der Waals surface area contributed by atoms with Crippen molar-refractivity contribution in [1.82, 2.24) is 0 Å². The Hall–Kier alpha value is -2.86. The summed E-state index contributed by atoms with van der Waals surface area (Å²) in [4.78, 5) is 0. The van der Waals surface area contributed by atoms with E-state index < -0.39 is 0 Å². The molecule has 0 bridgehead atoms. The Kier molecular flexibility index (Phi) is 5.89. The lowest BCUT2D eigenvalue weighted by molar-refractivity contribution is 0.0220. The van der Waals surface area contributed by atoms with Crippen molar-refractivity contribution in [2.24, 2.45) is 0 Å². The molecular formula is C26H26O5. The predicted molar refractivity (Wildman–Crippen MR) is 120 cm³/mol. The lowest BCUT2D eigenvalue weighted by Crippen LogP contribution is -2.13. The summed E-state index contributed by atoms with van der Waals surface area (Å²) >= 11 is 0. The van der Waals surface area contributed by atoms with E-state index in [1.807, 2.05) is 6.08 Å². The third-order valence-electron chi connectivity index (χ3n) is 5.76. The van der Waals surface area contributed by atoms with Gasteiger partial charge in [-0.2, -0.15) is 0 Å². The minimum Gasteiger partial charge on any atom is -0.491 e. The maximum atomic E-state index is 8.72. The standard InChI is InChI=1S/C26H26O5/c27-10-12-28-13-14-29-15-16-30-23-9-11-31-26-21-8-4-3-7-20(21)24-19-6-2-1-5-18(19)17-22(24)25(23)26/h1-9,27H,10-17H2. The molecule has 0 aromatic heterocycles. The number of hydrogen-bond donors (Lipinski definition) is 1.